The molecule has 1 amide bonds. The van der Waals surface area contributed by atoms with Crippen LogP contribution in [0, 0.1) is 22.7 Å². The molecular formula is C15H16N4O. The average molecular weight is 268 g/mol. The fraction of sp³-hybridized carbons (Fsp3) is 0.400. The van der Waals surface area contributed by atoms with Gasteiger partial charge in [-0.2, -0.15) is 10.5 Å². The SMILES string of the molecule is CC1(C)CN(c2cccc(C#N)c2)C(CC#N)C(=O)N1. The Bertz CT molecular complexity index is 609. The number of hydrogen-bond donors (Lipinski definition) is 1. The van der Waals surface area contributed by atoms with Gasteiger partial charge >= 0.3 is 0 Å². The number of amides is 1. The molecule has 1 heterocycles. The van der Waals surface area contributed by atoms with Crippen molar-refractivity contribution in [3.8, 4) is 12.1 Å². The molecule has 1 N–H and O–H groups in total. The van der Waals surface area contributed by atoms with Crippen molar-refractivity contribution >= 4 is 11.6 Å². The van der Waals surface area contributed by atoms with Gasteiger partial charge in [-0.25, -0.2) is 0 Å². The highest BCUT2D eigenvalue weighted by Gasteiger charge is 2.38. The van der Waals surface area contributed by atoms with Crippen LogP contribution in [0.15, 0.2) is 24.3 Å². The standard InChI is InChI=1S/C15H16N4O/c1-15(2)10-19(13(6-7-16)14(20)18-15)12-5-3-4-11(8-12)9-17/h3-5,8,13H,6,10H2,1-2H3,(H,18,20). The number of nitriles is 2. The Balaban J connectivity index is 2.40. The molecule has 1 aromatic rings. The highest BCUT2D eigenvalue weighted by molar-refractivity contribution is 5.87. The van der Waals surface area contributed by atoms with Crippen LogP contribution < -0.4 is 10.2 Å². The van der Waals surface area contributed by atoms with E-state index in [1.54, 1.807) is 18.2 Å². The number of rotatable bonds is 2. The number of anilines is 1. The Kier molecular flexibility index (Phi) is 3.63. The van der Waals surface area contributed by atoms with Gasteiger partial charge in [0, 0.05) is 12.2 Å². The van der Waals surface area contributed by atoms with Crippen molar-refractivity contribution in [2.24, 2.45) is 0 Å². The third-order valence-electron chi connectivity index (χ3n) is 3.30. The molecule has 0 spiro atoms. The first-order valence-corrected chi connectivity index (χ1v) is 6.42. The first-order chi connectivity index (χ1) is 9.46. The molecule has 20 heavy (non-hydrogen) atoms. The Morgan fingerprint density at radius 3 is 2.85 bits per heavy atom. The summed E-state index contributed by atoms with van der Waals surface area (Å²) in [5.41, 5.74) is 0.973. The second kappa shape index (κ2) is 5.22. The maximum atomic E-state index is 12.2. The van der Waals surface area contributed by atoms with Crippen molar-refractivity contribution in [3.05, 3.63) is 29.8 Å². The Morgan fingerprint density at radius 1 is 1.45 bits per heavy atom. The second-order valence-electron chi connectivity index (χ2n) is 5.54. The van der Waals surface area contributed by atoms with E-state index < -0.39 is 6.04 Å². The maximum absolute atomic E-state index is 12.2. The minimum absolute atomic E-state index is 0.124. The minimum Gasteiger partial charge on any atom is -0.356 e. The molecule has 1 atom stereocenters. The molecule has 0 bridgehead atoms. The number of nitrogens with zero attached hydrogens (tertiary/aromatic N) is 3. The van der Waals surface area contributed by atoms with E-state index in [1.165, 1.54) is 0 Å². The summed E-state index contributed by atoms with van der Waals surface area (Å²) in [6.45, 7) is 4.48. The number of nitrogens with one attached hydrogen (secondary N) is 1. The van der Waals surface area contributed by atoms with Crippen LogP contribution in [0.1, 0.15) is 25.8 Å². The maximum Gasteiger partial charge on any atom is 0.244 e. The predicted molar refractivity (Wildman–Crippen MR) is 74.7 cm³/mol. The van der Waals surface area contributed by atoms with E-state index in [4.69, 9.17) is 10.5 Å². The quantitative estimate of drug-likeness (QED) is 0.882. The summed E-state index contributed by atoms with van der Waals surface area (Å²) >= 11 is 0. The van der Waals surface area contributed by atoms with E-state index in [9.17, 15) is 4.79 Å². The fourth-order valence-electron chi connectivity index (χ4n) is 2.45. The molecule has 102 valence electrons. The number of piperazine rings is 1. The van der Waals surface area contributed by atoms with Crippen LogP contribution in [0.2, 0.25) is 0 Å². The summed E-state index contributed by atoms with van der Waals surface area (Å²) in [5.74, 6) is -0.148. The topological polar surface area (TPSA) is 79.9 Å². The molecule has 1 aromatic carbocycles. The van der Waals surface area contributed by atoms with Gasteiger partial charge in [0.05, 0.1) is 29.7 Å². The van der Waals surface area contributed by atoms with Gasteiger partial charge in [-0.05, 0) is 32.0 Å². The smallest absolute Gasteiger partial charge is 0.244 e. The van der Waals surface area contributed by atoms with Gasteiger partial charge in [-0.15, -0.1) is 0 Å². The van der Waals surface area contributed by atoms with Crippen LogP contribution in [0.5, 0.6) is 0 Å². The molecular weight excluding hydrogens is 252 g/mol. The monoisotopic (exact) mass is 268 g/mol. The first kappa shape index (κ1) is 13.9. The minimum atomic E-state index is -0.512. The molecule has 0 radical (unpaired) electrons. The summed E-state index contributed by atoms with van der Waals surface area (Å²) in [6.07, 6.45) is 0.124. The lowest BCUT2D eigenvalue weighted by Gasteiger charge is -2.44. The molecule has 1 unspecified atom stereocenters. The zero-order valence-corrected chi connectivity index (χ0v) is 11.6. The first-order valence-electron chi connectivity index (χ1n) is 6.42. The lowest BCUT2D eigenvalue weighted by molar-refractivity contribution is -0.125. The molecule has 2 rings (SSSR count). The molecule has 1 aliphatic rings. The normalized spacial score (nSPS) is 20.7. The Hall–Kier alpha value is -2.53. The van der Waals surface area contributed by atoms with Gasteiger partial charge in [-0.1, -0.05) is 6.07 Å². The Morgan fingerprint density at radius 2 is 2.20 bits per heavy atom. The molecule has 0 aromatic heterocycles. The summed E-state index contributed by atoms with van der Waals surface area (Å²) in [7, 11) is 0. The summed E-state index contributed by atoms with van der Waals surface area (Å²) in [6, 6.07) is 10.8. The summed E-state index contributed by atoms with van der Waals surface area (Å²) in [5, 5.41) is 20.8. The largest absolute Gasteiger partial charge is 0.356 e. The van der Waals surface area contributed by atoms with Gasteiger partial charge in [0.25, 0.3) is 0 Å². The van der Waals surface area contributed by atoms with E-state index in [2.05, 4.69) is 17.5 Å². The number of carbonyl (C=O) groups excluding carboxylic acids is 1. The number of hydrogen-bond acceptors (Lipinski definition) is 4. The van der Waals surface area contributed by atoms with Crippen molar-refractivity contribution < 1.29 is 4.79 Å². The van der Waals surface area contributed by atoms with Crippen molar-refractivity contribution in [3.63, 3.8) is 0 Å². The molecule has 1 fully saturated rings. The number of carbonyl (C=O) groups is 1. The van der Waals surface area contributed by atoms with Crippen molar-refractivity contribution in [2.75, 3.05) is 11.4 Å². The predicted octanol–water partition coefficient (Wildman–Crippen LogP) is 1.56. The van der Waals surface area contributed by atoms with Gasteiger partial charge < -0.3 is 10.2 Å². The molecule has 5 nitrogen and oxygen atoms in total. The molecule has 0 saturated carbocycles. The van der Waals surface area contributed by atoms with Crippen LogP contribution >= 0.6 is 0 Å². The lowest BCUT2D eigenvalue weighted by Crippen LogP contribution is -2.64. The second-order valence-corrected chi connectivity index (χ2v) is 5.54. The van der Waals surface area contributed by atoms with Crippen LogP contribution in [-0.4, -0.2) is 24.0 Å². The van der Waals surface area contributed by atoms with E-state index in [0.29, 0.717) is 12.1 Å². The third-order valence-corrected chi connectivity index (χ3v) is 3.30. The lowest BCUT2D eigenvalue weighted by atomic mass is 9.96. The Labute approximate surface area is 118 Å². The molecule has 5 heteroatoms. The molecule has 1 saturated heterocycles. The fourth-order valence-corrected chi connectivity index (χ4v) is 2.45. The van der Waals surface area contributed by atoms with Gasteiger partial charge in [0.1, 0.15) is 6.04 Å². The van der Waals surface area contributed by atoms with Crippen LogP contribution in [0.4, 0.5) is 5.69 Å². The highest BCUT2D eigenvalue weighted by atomic mass is 16.2. The van der Waals surface area contributed by atoms with E-state index in [1.807, 2.05) is 24.8 Å². The summed E-state index contributed by atoms with van der Waals surface area (Å²) in [4.78, 5) is 14.1. The van der Waals surface area contributed by atoms with Crippen LogP contribution in [0.3, 0.4) is 0 Å². The zero-order valence-electron chi connectivity index (χ0n) is 11.6. The van der Waals surface area contributed by atoms with E-state index in [-0.39, 0.29) is 17.9 Å². The number of benzene rings is 1. The summed E-state index contributed by atoms with van der Waals surface area (Å²) < 4.78 is 0. The highest BCUT2D eigenvalue weighted by Crippen LogP contribution is 2.26. The van der Waals surface area contributed by atoms with E-state index >= 15 is 0 Å². The van der Waals surface area contributed by atoms with Gasteiger partial charge in [-0.3, -0.25) is 4.79 Å². The van der Waals surface area contributed by atoms with Gasteiger partial charge in [0.2, 0.25) is 5.91 Å². The molecule has 0 aliphatic carbocycles. The third kappa shape index (κ3) is 2.73. The average Bonchev–Trinajstić information content (AvgIpc) is 2.41. The van der Waals surface area contributed by atoms with Crippen molar-refractivity contribution in [2.45, 2.75) is 31.8 Å². The van der Waals surface area contributed by atoms with E-state index in [0.717, 1.165) is 5.69 Å². The van der Waals surface area contributed by atoms with Crippen molar-refractivity contribution in [1.82, 2.24) is 5.32 Å². The van der Waals surface area contributed by atoms with Crippen LogP contribution in [0.25, 0.3) is 0 Å². The van der Waals surface area contributed by atoms with Gasteiger partial charge in [0.15, 0.2) is 0 Å². The zero-order chi connectivity index (χ0) is 14.8. The molecule has 1 aliphatic heterocycles. The van der Waals surface area contributed by atoms with Crippen LogP contribution in [-0.2, 0) is 4.79 Å². The van der Waals surface area contributed by atoms with Crippen molar-refractivity contribution in [1.29, 1.82) is 10.5 Å².